The predicted octanol–water partition coefficient (Wildman–Crippen LogP) is 2.30. The van der Waals surface area contributed by atoms with Crippen molar-refractivity contribution >= 4 is 16.8 Å². The van der Waals surface area contributed by atoms with Gasteiger partial charge in [0.15, 0.2) is 5.82 Å². The Bertz CT molecular complexity index is 846. The summed E-state index contributed by atoms with van der Waals surface area (Å²) in [5.74, 6) is 0.728. The molecular formula is C17H18N4O3. The number of nitrogens with one attached hydrogen (secondary N) is 1. The number of rotatable bonds is 6. The standard InChI is InChI=1S/C17H18N4O3/c1-11(17-20-15(21-24-17)7-9-23-2)19-16(22)13-5-6-14-12(10-13)4-3-8-18-14/h3-6,8,10-11H,7,9H2,1-2H3,(H,19,22)/t11-/m1/s1. The second-order valence-corrected chi connectivity index (χ2v) is 5.40. The molecule has 1 aromatic carbocycles. The third kappa shape index (κ3) is 3.57. The molecule has 0 aliphatic heterocycles. The molecule has 24 heavy (non-hydrogen) atoms. The van der Waals surface area contributed by atoms with Crippen LogP contribution in [0.1, 0.15) is 35.0 Å². The van der Waals surface area contributed by atoms with E-state index in [1.165, 1.54) is 0 Å². The highest BCUT2D eigenvalue weighted by Gasteiger charge is 2.17. The lowest BCUT2D eigenvalue weighted by atomic mass is 10.1. The third-order valence-corrected chi connectivity index (χ3v) is 3.60. The Morgan fingerprint density at radius 3 is 3.08 bits per heavy atom. The number of carbonyl (C=O) groups excluding carboxylic acids is 1. The van der Waals surface area contributed by atoms with Crippen LogP contribution in [0.2, 0.25) is 0 Å². The van der Waals surface area contributed by atoms with E-state index in [2.05, 4.69) is 20.4 Å². The molecule has 124 valence electrons. The van der Waals surface area contributed by atoms with Gasteiger partial charge in [-0.25, -0.2) is 0 Å². The highest BCUT2D eigenvalue weighted by molar-refractivity contribution is 5.98. The number of methoxy groups -OCH3 is 1. The number of nitrogens with zero attached hydrogens (tertiary/aromatic N) is 3. The number of aromatic nitrogens is 3. The maximum Gasteiger partial charge on any atom is 0.251 e. The molecule has 2 heterocycles. The Kier molecular flexibility index (Phi) is 4.81. The Morgan fingerprint density at radius 2 is 2.25 bits per heavy atom. The van der Waals surface area contributed by atoms with E-state index < -0.39 is 0 Å². The van der Waals surface area contributed by atoms with E-state index in [1.54, 1.807) is 26.3 Å². The smallest absolute Gasteiger partial charge is 0.251 e. The fourth-order valence-electron chi connectivity index (χ4n) is 2.30. The van der Waals surface area contributed by atoms with Gasteiger partial charge in [0.1, 0.15) is 6.04 Å². The van der Waals surface area contributed by atoms with Crippen molar-refractivity contribution in [3.8, 4) is 0 Å². The first-order valence-electron chi connectivity index (χ1n) is 7.64. The van der Waals surface area contributed by atoms with Crippen LogP contribution in [0.3, 0.4) is 0 Å². The Balaban J connectivity index is 1.69. The molecule has 0 unspecified atom stereocenters. The number of benzene rings is 1. The summed E-state index contributed by atoms with van der Waals surface area (Å²) in [7, 11) is 1.61. The van der Waals surface area contributed by atoms with Crippen LogP contribution in [-0.4, -0.2) is 34.7 Å². The summed E-state index contributed by atoms with van der Waals surface area (Å²) < 4.78 is 10.2. The summed E-state index contributed by atoms with van der Waals surface area (Å²) >= 11 is 0. The molecule has 0 bridgehead atoms. The third-order valence-electron chi connectivity index (χ3n) is 3.60. The summed E-state index contributed by atoms with van der Waals surface area (Å²) in [6.07, 6.45) is 2.29. The summed E-state index contributed by atoms with van der Waals surface area (Å²) in [5.41, 5.74) is 1.41. The normalized spacial score (nSPS) is 12.2. The van der Waals surface area contributed by atoms with E-state index in [1.807, 2.05) is 24.3 Å². The van der Waals surface area contributed by atoms with Crippen molar-refractivity contribution in [2.75, 3.05) is 13.7 Å². The molecule has 0 saturated heterocycles. The zero-order valence-electron chi connectivity index (χ0n) is 13.5. The molecule has 1 N–H and O–H groups in total. The van der Waals surface area contributed by atoms with E-state index in [-0.39, 0.29) is 11.9 Å². The molecule has 0 fully saturated rings. The lowest BCUT2D eigenvalue weighted by molar-refractivity contribution is 0.0932. The van der Waals surface area contributed by atoms with Crippen molar-refractivity contribution in [2.24, 2.45) is 0 Å². The fraction of sp³-hybridized carbons (Fsp3) is 0.294. The molecule has 1 amide bonds. The second kappa shape index (κ2) is 7.18. The molecule has 3 rings (SSSR count). The van der Waals surface area contributed by atoms with Crippen molar-refractivity contribution in [1.82, 2.24) is 20.4 Å². The van der Waals surface area contributed by atoms with Gasteiger partial charge in [0.25, 0.3) is 5.91 Å². The van der Waals surface area contributed by atoms with Gasteiger partial charge in [0, 0.05) is 30.7 Å². The number of carbonyl (C=O) groups is 1. The predicted molar refractivity (Wildman–Crippen MR) is 87.5 cm³/mol. The Morgan fingerprint density at radius 1 is 1.38 bits per heavy atom. The van der Waals surface area contributed by atoms with Gasteiger partial charge >= 0.3 is 0 Å². The first-order chi connectivity index (χ1) is 11.7. The van der Waals surface area contributed by atoms with Gasteiger partial charge in [-0.3, -0.25) is 9.78 Å². The van der Waals surface area contributed by atoms with Gasteiger partial charge < -0.3 is 14.6 Å². The number of pyridine rings is 1. The number of hydrogen-bond acceptors (Lipinski definition) is 6. The van der Waals surface area contributed by atoms with Crippen LogP contribution in [0.5, 0.6) is 0 Å². The van der Waals surface area contributed by atoms with Gasteiger partial charge in [0.2, 0.25) is 5.89 Å². The van der Waals surface area contributed by atoms with E-state index in [0.29, 0.717) is 30.3 Å². The van der Waals surface area contributed by atoms with Gasteiger partial charge in [-0.05, 0) is 31.2 Å². The topological polar surface area (TPSA) is 90.1 Å². The van der Waals surface area contributed by atoms with E-state index in [4.69, 9.17) is 9.26 Å². The van der Waals surface area contributed by atoms with Gasteiger partial charge in [-0.1, -0.05) is 11.2 Å². The Labute approximate surface area is 139 Å². The van der Waals surface area contributed by atoms with Gasteiger partial charge in [0.05, 0.1) is 12.1 Å². The molecule has 0 saturated carbocycles. The molecule has 0 radical (unpaired) electrons. The van der Waals surface area contributed by atoms with Crippen LogP contribution in [0.25, 0.3) is 10.9 Å². The SMILES string of the molecule is COCCc1noc([C@@H](C)NC(=O)c2ccc3ncccc3c2)n1. The zero-order chi connectivity index (χ0) is 16.9. The average molecular weight is 326 g/mol. The summed E-state index contributed by atoms with van der Waals surface area (Å²) in [6, 6.07) is 8.75. The number of fused-ring (bicyclic) bond motifs is 1. The van der Waals surface area contributed by atoms with Crippen LogP contribution < -0.4 is 5.32 Å². The maximum absolute atomic E-state index is 12.4. The molecule has 0 aliphatic carbocycles. The van der Waals surface area contributed by atoms with Crippen LogP contribution >= 0.6 is 0 Å². The highest BCUT2D eigenvalue weighted by atomic mass is 16.5. The van der Waals surface area contributed by atoms with Crippen molar-refractivity contribution in [2.45, 2.75) is 19.4 Å². The molecule has 7 heteroatoms. The lowest BCUT2D eigenvalue weighted by Gasteiger charge is -2.10. The largest absolute Gasteiger partial charge is 0.384 e. The van der Waals surface area contributed by atoms with Crippen LogP contribution in [0.15, 0.2) is 41.1 Å². The average Bonchev–Trinajstić information content (AvgIpc) is 3.08. The molecule has 1 atom stereocenters. The summed E-state index contributed by atoms with van der Waals surface area (Å²) in [4.78, 5) is 20.9. The van der Waals surface area contributed by atoms with Crippen molar-refractivity contribution in [3.05, 3.63) is 53.8 Å². The number of amides is 1. The van der Waals surface area contributed by atoms with E-state index in [0.717, 1.165) is 10.9 Å². The van der Waals surface area contributed by atoms with Gasteiger partial charge in [-0.15, -0.1) is 0 Å². The fourth-order valence-corrected chi connectivity index (χ4v) is 2.30. The molecule has 7 nitrogen and oxygen atoms in total. The molecular weight excluding hydrogens is 308 g/mol. The second-order valence-electron chi connectivity index (χ2n) is 5.40. The van der Waals surface area contributed by atoms with Crippen LogP contribution in [0.4, 0.5) is 0 Å². The minimum absolute atomic E-state index is 0.204. The molecule has 0 aliphatic rings. The highest BCUT2D eigenvalue weighted by Crippen LogP contribution is 2.15. The van der Waals surface area contributed by atoms with Crippen molar-refractivity contribution in [1.29, 1.82) is 0 Å². The van der Waals surface area contributed by atoms with Crippen LogP contribution in [0, 0.1) is 0 Å². The maximum atomic E-state index is 12.4. The zero-order valence-corrected chi connectivity index (χ0v) is 13.5. The summed E-state index contributed by atoms with van der Waals surface area (Å²) in [5, 5.41) is 7.64. The Hall–Kier alpha value is -2.80. The minimum atomic E-state index is -0.383. The molecule has 3 aromatic rings. The molecule has 2 aromatic heterocycles. The lowest BCUT2D eigenvalue weighted by Crippen LogP contribution is -2.26. The number of hydrogen-bond donors (Lipinski definition) is 1. The monoisotopic (exact) mass is 326 g/mol. The van der Waals surface area contributed by atoms with Crippen molar-refractivity contribution in [3.63, 3.8) is 0 Å². The van der Waals surface area contributed by atoms with E-state index in [9.17, 15) is 4.79 Å². The first kappa shape index (κ1) is 16.1. The van der Waals surface area contributed by atoms with Gasteiger partial charge in [-0.2, -0.15) is 4.98 Å². The number of ether oxygens (including phenoxy) is 1. The summed E-state index contributed by atoms with van der Waals surface area (Å²) in [6.45, 7) is 2.32. The van der Waals surface area contributed by atoms with E-state index >= 15 is 0 Å². The first-order valence-corrected chi connectivity index (χ1v) is 7.64. The quantitative estimate of drug-likeness (QED) is 0.747. The minimum Gasteiger partial charge on any atom is -0.384 e. The van der Waals surface area contributed by atoms with Crippen molar-refractivity contribution < 1.29 is 14.1 Å². The van der Waals surface area contributed by atoms with Crippen LogP contribution in [-0.2, 0) is 11.2 Å². The molecule has 0 spiro atoms.